The average molecular weight is 359 g/mol. The number of benzene rings is 2. The van der Waals surface area contributed by atoms with Crippen LogP contribution in [-0.4, -0.2) is 16.0 Å². The molecule has 0 spiro atoms. The molecule has 0 saturated heterocycles. The molecule has 0 atom stereocenters. The highest BCUT2D eigenvalue weighted by Gasteiger charge is 2.18. The van der Waals surface area contributed by atoms with E-state index in [1.807, 2.05) is 0 Å². The predicted molar refractivity (Wildman–Crippen MR) is 87.6 cm³/mol. The van der Waals surface area contributed by atoms with E-state index in [2.05, 4.69) is 10.5 Å². The molecule has 0 fully saturated rings. The van der Waals surface area contributed by atoms with Crippen LogP contribution < -0.4 is 5.32 Å². The molecule has 1 amide bonds. The van der Waals surface area contributed by atoms with Crippen molar-refractivity contribution in [2.45, 2.75) is 6.92 Å². The van der Waals surface area contributed by atoms with Crippen molar-refractivity contribution in [3.8, 4) is 11.3 Å². The van der Waals surface area contributed by atoms with Crippen LogP contribution in [0.15, 0.2) is 47.0 Å². The molecular weight excluding hydrogens is 348 g/mol. The number of nitrogens with zero attached hydrogens (tertiary/aromatic N) is 2. The van der Waals surface area contributed by atoms with Crippen molar-refractivity contribution in [3.05, 3.63) is 75.5 Å². The number of non-ortho nitro benzene ring substituents is 1. The molecule has 9 heteroatoms. The smallest absolute Gasteiger partial charge is 0.277 e. The van der Waals surface area contributed by atoms with Crippen molar-refractivity contribution in [1.29, 1.82) is 0 Å². The van der Waals surface area contributed by atoms with Crippen LogP contribution in [-0.2, 0) is 0 Å². The maximum atomic E-state index is 13.8. The first kappa shape index (κ1) is 17.2. The van der Waals surface area contributed by atoms with Gasteiger partial charge in [-0.2, -0.15) is 0 Å². The Labute approximate surface area is 145 Å². The second kappa shape index (κ2) is 6.71. The molecule has 2 aromatic carbocycles. The van der Waals surface area contributed by atoms with Crippen molar-refractivity contribution < 1.29 is 23.0 Å². The Morgan fingerprint density at radius 2 is 2.00 bits per heavy atom. The molecule has 3 rings (SSSR count). The van der Waals surface area contributed by atoms with Crippen LogP contribution in [0.25, 0.3) is 11.3 Å². The van der Waals surface area contributed by atoms with E-state index in [0.717, 1.165) is 12.1 Å². The highest BCUT2D eigenvalue weighted by molar-refractivity contribution is 6.03. The third kappa shape index (κ3) is 3.41. The van der Waals surface area contributed by atoms with Crippen LogP contribution in [0.3, 0.4) is 0 Å². The molecule has 0 bridgehead atoms. The summed E-state index contributed by atoms with van der Waals surface area (Å²) in [5, 5.41) is 16.9. The third-order valence-electron chi connectivity index (χ3n) is 3.49. The van der Waals surface area contributed by atoms with Gasteiger partial charge in [-0.25, -0.2) is 8.78 Å². The minimum Gasteiger partial charge on any atom is -0.355 e. The van der Waals surface area contributed by atoms with Gasteiger partial charge in [0.1, 0.15) is 0 Å². The van der Waals surface area contributed by atoms with E-state index in [1.165, 1.54) is 30.3 Å². The number of nitro groups is 1. The zero-order valence-corrected chi connectivity index (χ0v) is 13.3. The van der Waals surface area contributed by atoms with Gasteiger partial charge in [0.05, 0.1) is 10.5 Å². The van der Waals surface area contributed by atoms with E-state index >= 15 is 0 Å². The summed E-state index contributed by atoms with van der Waals surface area (Å²) in [5.74, 6) is -3.01. The van der Waals surface area contributed by atoms with Gasteiger partial charge in [0.2, 0.25) is 0 Å². The zero-order chi connectivity index (χ0) is 18.8. The summed E-state index contributed by atoms with van der Waals surface area (Å²) in [4.78, 5) is 22.5. The number of amides is 1. The van der Waals surface area contributed by atoms with E-state index < -0.39 is 22.5 Å². The number of aromatic nitrogens is 1. The number of nitrogens with one attached hydrogen (secondary N) is 1. The van der Waals surface area contributed by atoms with Crippen molar-refractivity contribution in [2.75, 3.05) is 5.32 Å². The maximum Gasteiger partial charge on any atom is 0.277 e. The minimum absolute atomic E-state index is 0.123. The molecule has 1 heterocycles. The lowest BCUT2D eigenvalue weighted by Gasteiger charge is -2.04. The van der Waals surface area contributed by atoms with Crippen molar-refractivity contribution in [2.24, 2.45) is 0 Å². The summed E-state index contributed by atoms with van der Waals surface area (Å²) in [6.45, 7) is 1.64. The van der Waals surface area contributed by atoms with Crippen LogP contribution in [0.2, 0.25) is 0 Å². The van der Waals surface area contributed by atoms with E-state index in [9.17, 15) is 23.7 Å². The first-order valence-electron chi connectivity index (χ1n) is 7.33. The lowest BCUT2D eigenvalue weighted by molar-refractivity contribution is -0.384. The Balaban J connectivity index is 1.85. The second-order valence-electron chi connectivity index (χ2n) is 5.45. The van der Waals surface area contributed by atoms with Gasteiger partial charge in [-0.05, 0) is 30.7 Å². The number of nitro benzene ring substituents is 1. The molecule has 7 nitrogen and oxygen atoms in total. The van der Waals surface area contributed by atoms with Gasteiger partial charge in [0.25, 0.3) is 11.6 Å². The van der Waals surface area contributed by atoms with Crippen molar-refractivity contribution in [3.63, 3.8) is 0 Å². The summed E-state index contributed by atoms with van der Waals surface area (Å²) in [7, 11) is 0. The molecule has 0 aliphatic carbocycles. The van der Waals surface area contributed by atoms with Crippen molar-refractivity contribution >= 4 is 17.3 Å². The lowest BCUT2D eigenvalue weighted by atomic mass is 10.1. The minimum atomic E-state index is -1.12. The van der Waals surface area contributed by atoms with Crippen LogP contribution in [0, 0.1) is 28.7 Å². The molecule has 1 N–H and O–H groups in total. The van der Waals surface area contributed by atoms with Gasteiger partial charge in [-0.3, -0.25) is 14.9 Å². The fourth-order valence-electron chi connectivity index (χ4n) is 2.34. The fraction of sp³-hybridized carbons (Fsp3) is 0.0588. The fourth-order valence-corrected chi connectivity index (χ4v) is 2.34. The molecule has 26 heavy (non-hydrogen) atoms. The van der Waals surface area contributed by atoms with E-state index in [-0.39, 0.29) is 28.4 Å². The number of hydrogen-bond donors (Lipinski definition) is 1. The zero-order valence-electron chi connectivity index (χ0n) is 13.3. The standard InChI is InChI=1S/C17H11F2N3O4/c1-9-5-10(7-11(6-9)22(24)25)20-17(23)14-8-15(26-21-14)12-3-2-4-13(18)16(12)19/h2-8H,1H3,(H,20,23). The van der Waals surface area contributed by atoms with E-state index in [1.54, 1.807) is 6.92 Å². The number of halogens is 2. The second-order valence-corrected chi connectivity index (χ2v) is 5.45. The van der Waals surface area contributed by atoms with Gasteiger partial charge in [-0.1, -0.05) is 11.2 Å². The van der Waals surface area contributed by atoms with Crippen LogP contribution >= 0.6 is 0 Å². The Morgan fingerprint density at radius 3 is 2.73 bits per heavy atom. The number of hydrogen-bond acceptors (Lipinski definition) is 5. The van der Waals surface area contributed by atoms with E-state index in [4.69, 9.17) is 4.52 Å². The molecular formula is C17H11F2N3O4. The molecule has 0 aliphatic heterocycles. The predicted octanol–water partition coefficient (Wildman–Crippen LogP) is 4.09. The highest BCUT2D eigenvalue weighted by atomic mass is 19.2. The Kier molecular flexibility index (Phi) is 4.44. The Hall–Kier alpha value is -3.62. The summed E-state index contributed by atoms with van der Waals surface area (Å²) in [6, 6.07) is 8.77. The molecule has 0 radical (unpaired) electrons. The molecule has 0 saturated carbocycles. The highest BCUT2D eigenvalue weighted by Crippen LogP contribution is 2.26. The summed E-state index contributed by atoms with van der Waals surface area (Å²) in [6.07, 6.45) is 0. The summed E-state index contributed by atoms with van der Waals surface area (Å²) < 4.78 is 32.0. The Bertz CT molecular complexity index is 1020. The van der Waals surface area contributed by atoms with Crippen LogP contribution in [0.1, 0.15) is 16.1 Å². The molecule has 1 aromatic heterocycles. The molecule has 0 aliphatic rings. The number of carbonyl (C=O) groups excluding carboxylic acids is 1. The number of aryl methyl sites for hydroxylation is 1. The SMILES string of the molecule is Cc1cc(NC(=O)c2cc(-c3cccc(F)c3F)on2)cc([N+](=O)[O-])c1. The van der Waals surface area contributed by atoms with Gasteiger partial charge in [0, 0.05) is 23.9 Å². The summed E-state index contributed by atoms with van der Waals surface area (Å²) in [5.41, 5.74) is 0.235. The van der Waals surface area contributed by atoms with Crippen LogP contribution in [0.5, 0.6) is 0 Å². The van der Waals surface area contributed by atoms with Crippen molar-refractivity contribution in [1.82, 2.24) is 5.16 Å². The number of anilines is 1. The monoisotopic (exact) mass is 359 g/mol. The largest absolute Gasteiger partial charge is 0.355 e. The number of rotatable bonds is 4. The van der Waals surface area contributed by atoms with Gasteiger partial charge >= 0.3 is 0 Å². The quantitative estimate of drug-likeness (QED) is 0.559. The third-order valence-corrected chi connectivity index (χ3v) is 3.49. The van der Waals surface area contributed by atoms with Gasteiger partial charge in [0.15, 0.2) is 23.1 Å². The Morgan fingerprint density at radius 1 is 1.23 bits per heavy atom. The molecule has 3 aromatic rings. The lowest BCUT2D eigenvalue weighted by Crippen LogP contribution is -2.12. The van der Waals surface area contributed by atoms with Gasteiger partial charge < -0.3 is 9.84 Å². The van der Waals surface area contributed by atoms with Gasteiger partial charge in [-0.15, -0.1) is 0 Å². The number of carbonyl (C=O) groups is 1. The normalized spacial score (nSPS) is 10.6. The molecule has 132 valence electrons. The topological polar surface area (TPSA) is 98.3 Å². The molecule has 0 unspecified atom stereocenters. The first-order valence-corrected chi connectivity index (χ1v) is 7.33. The summed E-state index contributed by atoms with van der Waals surface area (Å²) >= 11 is 0. The maximum absolute atomic E-state index is 13.8. The average Bonchev–Trinajstić information content (AvgIpc) is 3.06. The first-order chi connectivity index (χ1) is 12.3. The van der Waals surface area contributed by atoms with E-state index in [0.29, 0.717) is 5.56 Å². The van der Waals surface area contributed by atoms with Crippen LogP contribution in [0.4, 0.5) is 20.2 Å².